The molecule has 0 aromatic rings. The number of carbonyl (C=O) groups is 2. The molecule has 15 heavy (non-hydrogen) atoms. The van der Waals surface area contributed by atoms with Crippen LogP contribution in [-0.4, -0.2) is 42.8 Å². The zero-order valence-corrected chi connectivity index (χ0v) is 8.68. The van der Waals surface area contributed by atoms with E-state index in [9.17, 15) is 9.59 Å². The first-order chi connectivity index (χ1) is 7.19. The van der Waals surface area contributed by atoms with Gasteiger partial charge < -0.3 is 14.4 Å². The van der Waals surface area contributed by atoms with Crippen molar-refractivity contribution in [2.45, 2.75) is 18.9 Å². The van der Waals surface area contributed by atoms with Crippen LogP contribution >= 0.6 is 0 Å². The van der Waals surface area contributed by atoms with Crippen LogP contribution in [0.15, 0.2) is 17.6 Å². The van der Waals surface area contributed by atoms with Gasteiger partial charge in [-0.1, -0.05) is 12.7 Å². The Bertz CT molecular complexity index is 299. The molecule has 5 heteroatoms. The SMILES string of the molecule is C=CCOC(=O)N=C1CC[C@@H](C=O)N1C. The van der Waals surface area contributed by atoms with Gasteiger partial charge in [0.25, 0.3) is 0 Å². The van der Waals surface area contributed by atoms with Crippen LogP contribution in [0.4, 0.5) is 4.79 Å². The number of amidine groups is 1. The third-order valence-corrected chi connectivity index (χ3v) is 2.27. The minimum atomic E-state index is -0.636. The van der Waals surface area contributed by atoms with Crippen molar-refractivity contribution >= 4 is 18.2 Å². The zero-order chi connectivity index (χ0) is 11.3. The summed E-state index contributed by atoms with van der Waals surface area (Å²) in [6.45, 7) is 3.57. The third kappa shape index (κ3) is 2.90. The minimum absolute atomic E-state index is 0.149. The monoisotopic (exact) mass is 210 g/mol. The van der Waals surface area contributed by atoms with Crippen LogP contribution in [-0.2, 0) is 9.53 Å². The number of hydrogen-bond acceptors (Lipinski definition) is 3. The maximum absolute atomic E-state index is 11.1. The van der Waals surface area contributed by atoms with Crippen molar-refractivity contribution in [1.82, 2.24) is 4.90 Å². The van der Waals surface area contributed by atoms with Gasteiger partial charge in [0.15, 0.2) is 0 Å². The first-order valence-corrected chi connectivity index (χ1v) is 4.72. The van der Waals surface area contributed by atoms with E-state index in [0.29, 0.717) is 18.7 Å². The van der Waals surface area contributed by atoms with Crippen molar-refractivity contribution < 1.29 is 14.3 Å². The highest BCUT2D eigenvalue weighted by atomic mass is 16.5. The molecule has 0 unspecified atom stereocenters. The molecular formula is C10H14N2O3. The number of aliphatic imine (C=N–C) groups is 1. The first kappa shape index (κ1) is 11.4. The summed E-state index contributed by atoms with van der Waals surface area (Å²) in [5, 5.41) is 0. The molecular weight excluding hydrogens is 196 g/mol. The second-order valence-corrected chi connectivity index (χ2v) is 3.25. The molecule has 1 saturated heterocycles. The Hall–Kier alpha value is -1.65. The van der Waals surface area contributed by atoms with Gasteiger partial charge in [0.05, 0.1) is 6.04 Å². The van der Waals surface area contributed by atoms with Gasteiger partial charge >= 0.3 is 6.09 Å². The van der Waals surface area contributed by atoms with Crippen LogP contribution in [0.2, 0.25) is 0 Å². The summed E-state index contributed by atoms with van der Waals surface area (Å²) in [4.78, 5) is 27.2. The summed E-state index contributed by atoms with van der Waals surface area (Å²) in [6, 6.07) is -0.170. The third-order valence-electron chi connectivity index (χ3n) is 2.27. The quantitative estimate of drug-likeness (QED) is 0.515. The lowest BCUT2D eigenvalue weighted by molar-refractivity contribution is -0.110. The second kappa shape index (κ2) is 5.29. The van der Waals surface area contributed by atoms with E-state index in [4.69, 9.17) is 4.74 Å². The number of rotatable bonds is 3. The zero-order valence-electron chi connectivity index (χ0n) is 8.68. The van der Waals surface area contributed by atoms with Gasteiger partial charge in [0.1, 0.15) is 18.7 Å². The van der Waals surface area contributed by atoms with Crippen molar-refractivity contribution in [3.8, 4) is 0 Å². The molecule has 0 bridgehead atoms. The Balaban J connectivity index is 2.56. The summed E-state index contributed by atoms with van der Waals surface area (Å²) in [5.74, 6) is 0.598. The standard InChI is InChI=1S/C10H14N2O3/c1-3-6-15-10(14)11-9-5-4-8(7-13)12(9)2/h3,7-8H,1,4-6H2,2H3/t8-/m0/s1. The number of likely N-dealkylation sites (N-methyl/N-ethyl adjacent to an activating group) is 1. The molecule has 0 aromatic carbocycles. The number of nitrogens with zero attached hydrogens (tertiary/aromatic N) is 2. The number of amides is 1. The van der Waals surface area contributed by atoms with Gasteiger partial charge in [0, 0.05) is 13.5 Å². The fourth-order valence-electron chi connectivity index (χ4n) is 1.40. The van der Waals surface area contributed by atoms with E-state index in [1.54, 1.807) is 11.9 Å². The number of aldehydes is 1. The lowest BCUT2D eigenvalue weighted by Crippen LogP contribution is -2.30. The Morgan fingerprint density at radius 1 is 1.80 bits per heavy atom. The molecule has 0 spiro atoms. The predicted octanol–water partition coefficient (Wildman–Crippen LogP) is 1.00. The van der Waals surface area contributed by atoms with Gasteiger partial charge in [-0.05, 0) is 6.42 Å². The van der Waals surface area contributed by atoms with Crippen LogP contribution in [0, 0.1) is 0 Å². The van der Waals surface area contributed by atoms with Crippen molar-refractivity contribution in [3.63, 3.8) is 0 Å². The predicted molar refractivity (Wildman–Crippen MR) is 55.8 cm³/mol. The summed E-state index contributed by atoms with van der Waals surface area (Å²) >= 11 is 0. The normalized spacial score (nSPS) is 22.9. The molecule has 1 fully saturated rings. The van der Waals surface area contributed by atoms with E-state index in [0.717, 1.165) is 6.29 Å². The average Bonchev–Trinajstić information content (AvgIpc) is 2.57. The van der Waals surface area contributed by atoms with Crippen LogP contribution in [0.25, 0.3) is 0 Å². The highest BCUT2D eigenvalue weighted by molar-refractivity contribution is 5.94. The molecule has 1 aliphatic heterocycles. The Morgan fingerprint density at radius 2 is 2.53 bits per heavy atom. The molecule has 0 radical (unpaired) electrons. The minimum Gasteiger partial charge on any atom is -0.444 e. The molecule has 0 aromatic heterocycles. The number of likely N-dealkylation sites (tertiary alicyclic amines) is 1. The van der Waals surface area contributed by atoms with E-state index in [-0.39, 0.29) is 12.6 Å². The van der Waals surface area contributed by atoms with Gasteiger partial charge in [-0.25, -0.2) is 4.79 Å². The summed E-state index contributed by atoms with van der Waals surface area (Å²) in [5.41, 5.74) is 0. The van der Waals surface area contributed by atoms with E-state index in [1.807, 2.05) is 0 Å². The Labute approximate surface area is 88.4 Å². The smallest absolute Gasteiger partial charge is 0.435 e. The first-order valence-electron chi connectivity index (χ1n) is 4.72. The van der Waals surface area contributed by atoms with E-state index in [2.05, 4.69) is 11.6 Å². The lowest BCUT2D eigenvalue weighted by atomic mass is 10.2. The highest BCUT2D eigenvalue weighted by Gasteiger charge is 2.26. The fourth-order valence-corrected chi connectivity index (χ4v) is 1.40. The fraction of sp³-hybridized carbons (Fsp3) is 0.500. The topological polar surface area (TPSA) is 59.0 Å². The molecule has 1 heterocycles. The van der Waals surface area contributed by atoms with Gasteiger partial charge in [-0.2, -0.15) is 4.99 Å². The molecule has 0 N–H and O–H groups in total. The van der Waals surface area contributed by atoms with Crippen LogP contribution < -0.4 is 0 Å². The molecule has 82 valence electrons. The van der Waals surface area contributed by atoms with Crippen molar-refractivity contribution in [3.05, 3.63) is 12.7 Å². The molecule has 0 saturated carbocycles. The molecule has 5 nitrogen and oxygen atoms in total. The van der Waals surface area contributed by atoms with Gasteiger partial charge in [-0.15, -0.1) is 0 Å². The Morgan fingerprint density at radius 3 is 3.07 bits per heavy atom. The highest BCUT2D eigenvalue weighted by Crippen LogP contribution is 2.16. The summed E-state index contributed by atoms with van der Waals surface area (Å²) in [7, 11) is 1.74. The number of carbonyl (C=O) groups excluding carboxylic acids is 2. The largest absolute Gasteiger partial charge is 0.444 e. The van der Waals surface area contributed by atoms with E-state index >= 15 is 0 Å². The average molecular weight is 210 g/mol. The number of hydrogen-bond donors (Lipinski definition) is 0. The van der Waals surface area contributed by atoms with E-state index < -0.39 is 6.09 Å². The van der Waals surface area contributed by atoms with Crippen molar-refractivity contribution in [1.29, 1.82) is 0 Å². The van der Waals surface area contributed by atoms with Crippen molar-refractivity contribution in [2.75, 3.05) is 13.7 Å². The summed E-state index contributed by atoms with van der Waals surface area (Å²) in [6.07, 6.45) is 3.03. The number of ether oxygens (including phenoxy) is 1. The van der Waals surface area contributed by atoms with Gasteiger partial charge in [-0.3, -0.25) is 0 Å². The second-order valence-electron chi connectivity index (χ2n) is 3.25. The molecule has 1 aliphatic rings. The maximum Gasteiger partial charge on any atom is 0.435 e. The molecule has 0 aliphatic carbocycles. The summed E-state index contributed by atoms with van der Waals surface area (Å²) < 4.78 is 4.71. The molecule has 1 rings (SSSR count). The van der Waals surface area contributed by atoms with Crippen LogP contribution in [0.1, 0.15) is 12.8 Å². The maximum atomic E-state index is 11.1. The Kier molecular flexibility index (Phi) is 4.03. The van der Waals surface area contributed by atoms with Crippen LogP contribution in [0.3, 0.4) is 0 Å². The molecule has 1 amide bonds. The van der Waals surface area contributed by atoms with E-state index in [1.165, 1.54) is 6.08 Å². The lowest BCUT2D eigenvalue weighted by Gasteiger charge is -2.15. The van der Waals surface area contributed by atoms with Gasteiger partial charge in [0.2, 0.25) is 0 Å². The van der Waals surface area contributed by atoms with Crippen molar-refractivity contribution in [2.24, 2.45) is 4.99 Å². The molecule has 1 atom stereocenters. The van der Waals surface area contributed by atoms with Crippen LogP contribution in [0.5, 0.6) is 0 Å².